The summed E-state index contributed by atoms with van der Waals surface area (Å²) in [5.74, 6) is 0.577. The molecule has 0 unspecified atom stereocenters. The van der Waals surface area contributed by atoms with Crippen LogP contribution in [0.5, 0.6) is 17.2 Å². The van der Waals surface area contributed by atoms with Crippen molar-refractivity contribution in [1.29, 1.82) is 0 Å². The summed E-state index contributed by atoms with van der Waals surface area (Å²) in [6, 6.07) is 3.11. The number of nitrogens with two attached hydrogens (primary N) is 2. The van der Waals surface area contributed by atoms with Gasteiger partial charge in [-0.25, -0.2) is 4.98 Å². The van der Waals surface area contributed by atoms with Crippen molar-refractivity contribution in [3.63, 3.8) is 0 Å². The highest BCUT2D eigenvalue weighted by atomic mass is 16.5. The second kappa shape index (κ2) is 13.5. The Labute approximate surface area is 192 Å². The van der Waals surface area contributed by atoms with Crippen LogP contribution < -0.4 is 31.0 Å². The fourth-order valence-corrected chi connectivity index (χ4v) is 2.96. The lowest BCUT2D eigenvalue weighted by atomic mass is 10.1. The van der Waals surface area contributed by atoms with Crippen molar-refractivity contribution >= 4 is 17.6 Å². The number of benzene rings is 1. The summed E-state index contributed by atoms with van der Waals surface area (Å²) < 4.78 is 18.6. The van der Waals surface area contributed by atoms with Gasteiger partial charge in [0.2, 0.25) is 5.75 Å². The van der Waals surface area contributed by atoms with Gasteiger partial charge in [0, 0.05) is 37.6 Å². The molecule has 1 heterocycles. The van der Waals surface area contributed by atoms with E-state index in [0.29, 0.717) is 61.9 Å². The number of methoxy groups -OCH3 is 2. The number of carbonyl (C=O) groups is 1. The maximum atomic E-state index is 12.6. The van der Waals surface area contributed by atoms with Crippen molar-refractivity contribution in [3.05, 3.63) is 36.4 Å². The number of guanidine groups is 1. The minimum Gasteiger partial charge on any atom is -0.493 e. The molecular weight excluding hydrogens is 430 g/mol. The standard InChI is InChI=1S/C21H31N7O5/c1-31-16-12-15(13-17(32-2)19(16)33-11-4-3-6-26-21(22)23)18(27-30)20(29)25-7-5-9-28-10-8-24-14-28/h8,10,12-14,30H,3-7,9,11H2,1-2H3,(H,25,29)(H4,22,23,26). The van der Waals surface area contributed by atoms with Crippen molar-refractivity contribution < 1.29 is 24.2 Å². The van der Waals surface area contributed by atoms with E-state index < -0.39 is 5.91 Å². The van der Waals surface area contributed by atoms with Gasteiger partial charge in [0.05, 0.1) is 27.2 Å². The molecule has 0 radical (unpaired) electrons. The molecule has 2 aromatic rings. The molecule has 0 bridgehead atoms. The Morgan fingerprint density at radius 1 is 1.18 bits per heavy atom. The molecule has 0 aliphatic heterocycles. The molecule has 1 aromatic carbocycles. The van der Waals surface area contributed by atoms with E-state index in [4.69, 9.17) is 25.7 Å². The van der Waals surface area contributed by atoms with Crippen molar-refractivity contribution in [3.8, 4) is 17.2 Å². The molecule has 0 aliphatic rings. The van der Waals surface area contributed by atoms with E-state index in [1.807, 2.05) is 10.8 Å². The minimum absolute atomic E-state index is 0.0541. The zero-order chi connectivity index (χ0) is 24.1. The summed E-state index contributed by atoms with van der Waals surface area (Å²) in [6.07, 6.45) is 7.36. The fourth-order valence-electron chi connectivity index (χ4n) is 2.96. The van der Waals surface area contributed by atoms with Crippen molar-refractivity contribution in [2.45, 2.75) is 25.8 Å². The van der Waals surface area contributed by atoms with Gasteiger partial charge in [0.25, 0.3) is 5.91 Å². The van der Waals surface area contributed by atoms with Gasteiger partial charge in [-0.2, -0.15) is 0 Å². The third-order valence-corrected chi connectivity index (χ3v) is 4.58. The molecule has 0 aliphatic carbocycles. The summed E-state index contributed by atoms with van der Waals surface area (Å²) in [5.41, 5.74) is 10.8. The lowest BCUT2D eigenvalue weighted by Gasteiger charge is -2.16. The minimum atomic E-state index is -0.527. The Balaban J connectivity index is 2.01. The molecule has 0 fully saturated rings. The number of rotatable bonds is 14. The van der Waals surface area contributed by atoms with E-state index in [9.17, 15) is 10.0 Å². The Hall–Kier alpha value is -3.96. The van der Waals surface area contributed by atoms with Gasteiger partial charge in [0.1, 0.15) is 0 Å². The third-order valence-electron chi connectivity index (χ3n) is 4.58. The molecule has 2 rings (SSSR count). The zero-order valence-corrected chi connectivity index (χ0v) is 18.9. The van der Waals surface area contributed by atoms with E-state index in [-0.39, 0.29) is 11.7 Å². The van der Waals surface area contributed by atoms with E-state index >= 15 is 0 Å². The van der Waals surface area contributed by atoms with Gasteiger partial charge in [-0.05, 0) is 31.4 Å². The number of aromatic nitrogens is 2. The number of nitrogens with zero attached hydrogens (tertiary/aromatic N) is 4. The number of carbonyl (C=O) groups excluding carboxylic acids is 1. The highest BCUT2D eigenvalue weighted by Gasteiger charge is 2.21. The zero-order valence-electron chi connectivity index (χ0n) is 18.9. The molecule has 33 heavy (non-hydrogen) atoms. The van der Waals surface area contributed by atoms with E-state index in [1.165, 1.54) is 14.2 Å². The van der Waals surface area contributed by atoms with E-state index in [2.05, 4.69) is 20.4 Å². The fraction of sp³-hybridized carbons (Fsp3) is 0.429. The van der Waals surface area contributed by atoms with E-state index in [1.54, 1.807) is 24.7 Å². The Bertz CT molecular complexity index is 915. The summed E-state index contributed by atoms with van der Waals surface area (Å²) >= 11 is 0. The Morgan fingerprint density at radius 2 is 1.91 bits per heavy atom. The molecule has 1 aromatic heterocycles. The summed E-state index contributed by atoms with van der Waals surface area (Å²) in [7, 11) is 2.94. The van der Waals surface area contributed by atoms with Crippen LogP contribution in [0.2, 0.25) is 0 Å². The summed E-state index contributed by atoms with van der Waals surface area (Å²) in [6.45, 7) is 1.98. The van der Waals surface area contributed by atoms with Gasteiger partial charge >= 0.3 is 0 Å². The normalized spacial score (nSPS) is 11.0. The highest BCUT2D eigenvalue weighted by Crippen LogP contribution is 2.39. The number of aliphatic imine (C=N–C) groups is 1. The average molecular weight is 462 g/mol. The van der Waals surface area contributed by atoms with Crippen LogP contribution in [0.15, 0.2) is 41.0 Å². The number of imidazole rings is 1. The number of hydrogen-bond acceptors (Lipinski definition) is 8. The van der Waals surface area contributed by atoms with Gasteiger partial charge in [-0.1, -0.05) is 5.16 Å². The van der Waals surface area contributed by atoms with E-state index in [0.717, 1.165) is 6.42 Å². The Kier molecular flexibility index (Phi) is 10.3. The first kappa shape index (κ1) is 25.3. The molecule has 1 amide bonds. The molecule has 12 nitrogen and oxygen atoms in total. The van der Waals surface area contributed by atoms with Crippen LogP contribution in [0, 0.1) is 0 Å². The molecule has 6 N–H and O–H groups in total. The predicted octanol–water partition coefficient (Wildman–Crippen LogP) is 0.718. The molecule has 0 saturated carbocycles. The molecule has 0 saturated heterocycles. The van der Waals surface area contributed by atoms with Crippen LogP contribution in [-0.4, -0.2) is 66.3 Å². The molecule has 0 spiro atoms. The van der Waals surface area contributed by atoms with Crippen LogP contribution in [-0.2, 0) is 11.3 Å². The lowest BCUT2D eigenvalue weighted by molar-refractivity contribution is -0.114. The van der Waals surface area contributed by atoms with Gasteiger partial charge in [-0.3, -0.25) is 9.79 Å². The van der Waals surface area contributed by atoms with Gasteiger partial charge < -0.3 is 40.8 Å². The monoisotopic (exact) mass is 461 g/mol. The third kappa shape index (κ3) is 7.91. The first-order valence-electron chi connectivity index (χ1n) is 10.4. The van der Waals surface area contributed by atoms with Crippen LogP contribution in [0.4, 0.5) is 0 Å². The molecule has 0 atom stereocenters. The average Bonchev–Trinajstić information content (AvgIpc) is 3.33. The number of aryl methyl sites for hydroxylation is 1. The van der Waals surface area contributed by atoms with Crippen molar-refractivity contribution in [1.82, 2.24) is 14.9 Å². The number of oxime groups is 1. The van der Waals surface area contributed by atoms with Gasteiger partial charge in [0.15, 0.2) is 23.2 Å². The molecular formula is C21H31N7O5. The number of hydrogen-bond donors (Lipinski definition) is 4. The first-order valence-corrected chi connectivity index (χ1v) is 10.4. The van der Waals surface area contributed by atoms with Gasteiger partial charge in [-0.15, -0.1) is 0 Å². The van der Waals surface area contributed by atoms with Crippen LogP contribution >= 0.6 is 0 Å². The SMILES string of the molecule is COc1cc(C(=NO)C(=O)NCCCn2ccnc2)cc(OC)c1OCCCCN=C(N)N. The summed E-state index contributed by atoms with van der Waals surface area (Å²) in [5, 5.41) is 15.4. The maximum absolute atomic E-state index is 12.6. The van der Waals surface area contributed by atoms with Crippen LogP contribution in [0.1, 0.15) is 24.8 Å². The largest absolute Gasteiger partial charge is 0.493 e. The van der Waals surface area contributed by atoms with Crippen molar-refractivity contribution in [2.24, 2.45) is 21.6 Å². The lowest BCUT2D eigenvalue weighted by Crippen LogP contribution is -2.33. The highest BCUT2D eigenvalue weighted by molar-refractivity contribution is 6.45. The Morgan fingerprint density at radius 3 is 2.48 bits per heavy atom. The predicted molar refractivity (Wildman–Crippen MR) is 123 cm³/mol. The number of unbranched alkanes of at least 4 members (excludes halogenated alkanes) is 1. The maximum Gasteiger partial charge on any atom is 0.273 e. The van der Waals surface area contributed by atoms with Crippen LogP contribution in [0.25, 0.3) is 0 Å². The quantitative estimate of drug-likeness (QED) is 0.105. The number of ether oxygens (including phenoxy) is 3. The van der Waals surface area contributed by atoms with Crippen molar-refractivity contribution in [2.75, 3.05) is 33.9 Å². The van der Waals surface area contributed by atoms with Crippen LogP contribution in [0.3, 0.4) is 0 Å². The molecule has 180 valence electrons. The second-order valence-corrected chi connectivity index (χ2v) is 6.93. The topological polar surface area (TPSA) is 172 Å². The molecule has 12 heteroatoms. The summed E-state index contributed by atoms with van der Waals surface area (Å²) in [4.78, 5) is 20.5. The second-order valence-electron chi connectivity index (χ2n) is 6.93. The first-order chi connectivity index (χ1) is 16.0. The smallest absolute Gasteiger partial charge is 0.273 e. The number of nitrogens with one attached hydrogen (secondary N) is 1. The number of amides is 1.